The maximum Gasteiger partial charge on any atom is 0.187 e. The molecule has 0 unspecified atom stereocenters. The molecular weight excluding hydrogens is 379 g/mol. The van der Waals surface area contributed by atoms with Crippen molar-refractivity contribution in [2.24, 2.45) is 0 Å². The molecule has 30 heavy (non-hydrogen) atoms. The zero-order valence-electron chi connectivity index (χ0n) is 16.2. The molecular formula is C24H17FN4O. The van der Waals surface area contributed by atoms with Crippen molar-refractivity contribution >= 4 is 28.8 Å². The average Bonchev–Trinajstić information content (AvgIpc) is 3.24. The van der Waals surface area contributed by atoms with E-state index in [-0.39, 0.29) is 5.82 Å². The highest BCUT2D eigenvalue weighted by atomic mass is 19.1. The third-order valence-corrected chi connectivity index (χ3v) is 4.91. The van der Waals surface area contributed by atoms with Crippen LogP contribution in [0, 0.1) is 5.82 Å². The van der Waals surface area contributed by atoms with E-state index >= 15 is 0 Å². The van der Waals surface area contributed by atoms with Crippen LogP contribution in [0.4, 0.5) is 4.39 Å². The normalized spacial score (nSPS) is 11.5. The first kappa shape index (κ1) is 18.0. The molecule has 0 saturated carbocycles. The Kier molecular flexibility index (Phi) is 4.44. The monoisotopic (exact) mass is 396 g/mol. The quantitative estimate of drug-likeness (QED) is 0.416. The number of methoxy groups -OCH3 is 1. The molecule has 146 valence electrons. The summed E-state index contributed by atoms with van der Waals surface area (Å²) < 4.78 is 20.4. The number of hydrogen-bond acceptors (Lipinski definition) is 4. The van der Waals surface area contributed by atoms with Crippen molar-refractivity contribution in [3.63, 3.8) is 0 Å². The molecule has 0 spiro atoms. The van der Waals surface area contributed by atoms with E-state index in [9.17, 15) is 4.39 Å². The Morgan fingerprint density at radius 3 is 2.40 bits per heavy atom. The van der Waals surface area contributed by atoms with Crippen LogP contribution in [-0.4, -0.2) is 26.7 Å². The zero-order chi connectivity index (χ0) is 20.5. The first-order valence-electron chi connectivity index (χ1n) is 9.45. The summed E-state index contributed by atoms with van der Waals surface area (Å²) >= 11 is 0. The molecule has 0 radical (unpaired) electrons. The van der Waals surface area contributed by atoms with Gasteiger partial charge in [-0.25, -0.2) is 9.37 Å². The maximum atomic E-state index is 13.2. The van der Waals surface area contributed by atoms with Gasteiger partial charge in [-0.3, -0.25) is 4.40 Å². The number of halogens is 1. The topological polar surface area (TPSA) is 52.3 Å². The van der Waals surface area contributed by atoms with Crippen molar-refractivity contribution < 1.29 is 9.13 Å². The average molecular weight is 396 g/mol. The Morgan fingerprint density at radius 1 is 0.867 bits per heavy atom. The second-order valence-electron chi connectivity index (χ2n) is 6.78. The van der Waals surface area contributed by atoms with Crippen LogP contribution in [0.2, 0.25) is 0 Å². The molecule has 5 nitrogen and oxygen atoms in total. The van der Waals surface area contributed by atoms with Gasteiger partial charge in [0.15, 0.2) is 11.5 Å². The highest BCUT2D eigenvalue weighted by Crippen LogP contribution is 2.26. The molecule has 3 aromatic carbocycles. The maximum absolute atomic E-state index is 13.2. The summed E-state index contributed by atoms with van der Waals surface area (Å²) in [5, 5.41) is 8.87. The summed E-state index contributed by atoms with van der Waals surface area (Å²) in [6.45, 7) is 0. The highest BCUT2D eigenvalue weighted by molar-refractivity contribution is 5.85. The molecule has 5 aromatic rings. The largest absolute Gasteiger partial charge is 0.497 e. The molecule has 6 heteroatoms. The number of hydrogen-bond donors (Lipinski definition) is 0. The van der Waals surface area contributed by atoms with E-state index in [0.717, 1.165) is 33.7 Å². The number of fused-ring (bicyclic) bond motifs is 3. The lowest BCUT2D eigenvalue weighted by atomic mass is 10.2. The number of benzene rings is 3. The fraction of sp³-hybridized carbons (Fsp3) is 0.0417. The summed E-state index contributed by atoms with van der Waals surface area (Å²) in [7, 11) is 1.64. The predicted octanol–water partition coefficient (Wildman–Crippen LogP) is 5.26. The fourth-order valence-electron chi connectivity index (χ4n) is 3.39. The lowest BCUT2D eigenvalue weighted by molar-refractivity contribution is 0.415. The Hall–Kier alpha value is -4.06. The van der Waals surface area contributed by atoms with E-state index in [2.05, 4.69) is 10.2 Å². The van der Waals surface area contributed by atoms with Gasteiger partial charge in [0.25, 0.3) is 0 Å². The lowest BCUT2D eigenvalue weighted by Crippen LogP contribution is -1.97. The summed E-state index contributed by atoms with van der Waals surface area (Å²) in [5.74, 6) is 1.24. The van der Waals surface area contributed by atoms with E-state index in [0.29, 0.717) is 11.3 Å². The number of ether oxygens (including phenoxy) is 1. The summed E-state index contributed by atoms with van der Waals surface area (Å²) in [4.78, 5) is 4.77. The van der Waals surface area contributed by atoms with Crippen molar-refractivity contribution in [1.82, 2.24) is 19.6 Å². The van der Waals surface area contributed by atoms with E-state index < -0.39 is 0 Å². The molecule has 0 bridgehead atoms. The van der Waals surface area contributed by atoms with Crippen LogP contribution in [0.1, 0.15) is 11.3 Å². The van der Waals surface area contributed by atoms with Crippen molar-refractivity contribution in [2.75, 3.05) is 7.11 Å². The van der Waals surface area contributed by atoms with Crippen LogP contribution in [0.25, 0.3) is 40.2 Å². The summed E-state index contributed by atoms with van der Waals surface area (Å²) in [6.07, 6.45) is 3.76. The smallest absolute Gasteiger partial charge is 0.187 e. The van der Waals surface area contributed by atoms with Crippen LogP contribution >= 0.6 is 0 Å². The molecule has 2 aromatic heterocycles. The highest BCUT2D eigenvalue weighted by Gasteiger charge is 2.15. The number of aromatic nitrogens is 4. The molecule has 0 N–H and O–H groups in total. The molecule has 0 amide bonds. The first-order valence-corrected chi connectivity index (χ1v) is 9.45. The van der Waals surface area contributed by atoms with E-state index in [1.54, 1.807) is 19.2 Å². The van der Waals surface area contributed by atoms with Crippen LogP contribution in [0.15, 0.2) is 72.8 Å². The minimum absolute atomic E-state index is 0.264. The van der Waals surface area contributed by atoms with Gasteiger partial charge in [-0.15, -0.1) is 10.2 Å². The van der Waals surface area contributed by atoms with E-state index in [4.69, 9.17) is 9.72 Å². The van der Waals surface area contributed by atoms with Gasteiger partial charge in [0.05, 0.1) is 18.1 Å². The summed E-state index contributed by atoms with van der Waals surface area (Å²) in [6, 6.07) is 21.9. The lowest BCUT2D eigenvalue weighted by Gasteiger charge is -2.07. The van der Waals surface area contributed by atoms with Gasteiger partial charge in [-0.2, -0.15) is 0 Å². The van der Waals surface area contributed by atoms with Gasteiger partial charge < -0.3 is 4.74 Å². The van der Waals surface area contributed by atoms with Gasteiger partial charge in [0.2, 0.25) is 0 Å². The molecule has 0 atom stereocenters. The minimum atomic E-state index is -0.264. The number of para-hydroxylation sites is 2. The van der Waals surface area contributed by atoms with Crippen LogP contribution < -0.4 is 4.74 Å². The van der Waals surface area contributed by atoms with Gasteiger partial charge >= 0.3 is 0 Å². The van der Waals surface area contributed by atoms with Gasteiger partial charge in [-0.1, -0.05) is 30.3 Å². The standard InChI is InChI=1S/C24H17FN4O/c1-30-19-13-9-17(10-14-19)23-27-28-24-21(15-8-16-6-11-18(25)12-7-16)26-20-4-2-3-5-22(20)29(23)24/h2-15H,1H3/b15-8+. The van der Waals surface area contributed by atoms with E-state index in [1.807, 2.05) is 65.1 Å². The van der Waals surface area contributed by atoms with Gasteiger partial charge in [-0.05, 0) is 60.2 Å². The predicted molar refractivity (Wildman–Crippen MR) is 116 cm³/mol. The van der Waals surface area contributed by atoms with Crippen molar-refractivity contribution in [2.45, 2.75) is 0 Å². The second kappa shape index (κ2) is 7.40. The van der Waals surface area contributed by atoms with E-state index in [1.165, 1.54) is 12.1 Å². The van der Waals surface area contributed by atoms with Gasteiger partial charge in [0.1, 0.15) is 17.3 Å². The molecule has 0 fully saturated rings. The number of nitrogens with zero attached hydrogens (tertiary/aromatic N) is 4. The van der Waals surface area contributed by atoms with Crippen LogP contribution in [0.5, 0.6) is 5.75 Å². The molecule has 5 rings (SSSR count). The SMILES string of the molecule is COc1ccc(-c2nnc3c(/C=C/c4ccc(F)cc4)nc4ccccc4n23)cc1. The van der Waals surface area contributed by atoms with Crippen molar-refractivity contribution in [3.05, 3.63) is 89.9 Å². The molecule has 0 saturated heterocycles. The Morgan fingerprint density at radius 2 is 1.63 bits per heavy atom. The Balaban J connectivity index is 1.70. The first-order chi connectivity index (χ1) is 14.7. The van der Waals surface area contributed by atoms with Crippen molar-refractivity contribution in [1.29, 1.82) is 0 Å². The third kappa shape index (κ3) is 3.18. The molecule has 0 aliphatic carbocycles. The van der Waals surface area contributed by atoms with Crippen molar-refractivity contribution in [3.8, 4) is 17.1 Å². The van der Waals surface area contributed by atoms with Crippen LogP contribution in [-0.2, 0) is 0 Å². The molecule has 0 aliphatic heterocycles. The Labute approximate surface area is 172 Å². The van der Waals surface area contributed by atoms with Gasteiger partial charge in [0, 0.05) is 5.56 Å². The van der Waals surface area contributed by atoms with Crippen LogP contribution in [0.3, 0.4) is 0 Å². The third-order valence-electron chi connectivity index (χ3n) is 4.91. The summed E-state index contributed by atoms with van der Waals surface area (Å²) in [5.41, 5.74) is 4.89. The molecule has 0 aliphatic rings. The fourth-order valence-corrected chi connectivity index (χ4v) is 3.39. The zero-order valence-corrected chi connectivity index (χ0v) is 16.2. The second-order valence-corrected chi connectivity index (χ2v) is 6.78. The minimum Gasteiger partial charge on any atom is -0.497 e. The Bertz CT molecular complexity index is 1370. The molecule has 2 heterocycles. The number of rotatable bonds is 4.